The van der Waals surface area contributed by atoms with E-state index in [1.165, 1.54) is 12.0 Å². The Morgan fingerprint density at radius 1 is 1.00 bits per heavy atom. The van der Waals surface area contributed by atoms with E-state index in [4.69, 9.17) is 9.72 Å². The van der Waals surface area contributed by atoms with Gasteiger partial charge in [0.1, 0.15) is 5.00 Å². The Morgan fingerprint density at radius 3 is 2.43 bits per heavy atom. The number of benzene rings is 2. The largest absolute Gasteiger partial charge is 0.465 e. The lowest BCUT2D eigenvalue weighted by Gasteiger charge is -2.11. The number of nitrogens with zero attached hydrogens (tertiary/aromatic N) is 2. The normalized spacial score (nSPS) is 10.8. The molecule has 0 fully saturated rings. The van der Waals surface area contributed by atoms with Crippen LogP contribution in [-0.2, 0) is 4.74 Å². The Bertz CT molecular complexity index is 1470. The number of aromatic nitrogens is 1. The van der Waals surface area contributed by atoms with E-state index < -0.39 is 11.9 Å². The van der Waals surface area contributed by atoms with Gasteiger partial charge in [0, 0.05) is 25.0 Å². The second-order valence-electron chi connectivity index (χ2n) is 8.35. The summed E-state index contributed by atoms with van der Waals surface area (Å²) < 4.78 is 4.94. The standard InChI is InChI=1S/C27H25N3O4S/c1-15-9-8-10-17(13-15)21-14-19(18-11-6-7-12-20(18)28-21)24(31)29-25-22(27(33)34-5)16(2)23(35-25)26(32)30(3)4/h6-14H,1-5H3,(H,29,31). The molecule has 2 heterocycles. The Kier molecular flexibility index (Phi) is 6.66. The number of hydrogen-bond acceptors (Lipinski definition) is 6. The molecular formula is C27H25N3O4S. The first kappa shape index (κ1) is 24.1. The third-order valence-corrected chi connectivity index (χ3v) is 6.83. The van der Waals surface area contributed by atoms with Crippen molar-refractivity contribution in [2.24, 2.45) is 0 Å². The van der Waals surface area contributed by atoms with Crippen molar-refractivity contribution in [3.8, 4) is 11.3 Å². The lowest BCUT2D eigenvalue weighted by Crippen LogP contribution is -2.21. The first-order chi connectivity index (χ1) is 16.7. The van der Waals surface area contributed by atoms with Gasteiger partial charge in [-0.2, -0.15) is 0 Å². The number of carbonyl (C=O) groups is 3. The summed E-state index contributed by atoms with van der Waals surface area (Å²) in [6, 6.07) is 17.0. The summed E-state index contributed by atoms with van der Waals surface area (Å²) in [5.41, 5.74) is 4.37. The van der Waals surface area contributed by atoms with Gasteiger partial charge in [-0.15, -0.1) is 11.3 Å². The fourth-order valence-electron chi connectivity index (χ4n) is 3.84. The minimum atomic E-state index is -0.619. The first-order valence-electron chi connectivity index (χ1n) is 10.9. The molecule has 0 saturated heterocycles. The van der Waals surface area contributed by atoms with Gasteiger partial charge in [0.15, 0.2) is 0 Å². The van der Waals surface area contributed by atoms with E-state index in [9.17, 15) is 14.4 Å². The molecule has 178 valence electrons. The number of methoxy groups -OCH3 is 1. The SMILES string of the molecule is COC(=O)c1c(NC(=O)c2cc(-c3cccc(C)c3)nc3ccccc23)sc(C(=O)N(C)C)c1C. The van der Waals surface area contributed by atoms with E-state index in [0.717, 1.165) is 22.5 Å². The van der Waals surface area contributed by atoms with Crippen molar-refractivity contribution >= 4 is 45.0 Å². The Balaban J connectivity index is 1.83. The number of ether oxygens (including phenoxy) is 1. The van der Waals surface area contributed by atoms with Crippen molar-refractivity contribution in [2.75, 3.05) is 26.5 Å². The molecule has 7 nitrogen and oxygen atoms in total. The van der Waals surface area contributed by atoms with Crippen LogP contribution in [0.2, 0.25) is 0 Å². The zero-order chi connectivity index (χ0) is 25.3. The maximum atomic E-state index is 13.6. The van der Waals surface area contributed by atoms with Crippen molar-refractivity contribution < 1.29 is 19.1 Å². The number of aryl methyl sites for hydroxylation is 1. The van der Waals surface area contributed by atoms with E-state index in [2.05, 4.69) is 5.32 Å². The predicted molar refractivity (Wildman–Crippen MR) is 138 cm³/mol. The van der Waals surface area contributed by atoms with Gasteiger partial charge >= 0.3 is 5.97 Å². The molecule has 0 atom stereocenters. The second kappa shape index (κ2) is 9.68. The van der Waals surface area contributed by atoms with Crippen molar-refractivity contribution in [1.82, 2.24) is 9.88 Å². The van der Waals surface area contributed by atoms with Crippen molar-refractivity contribution in [3.63, 3.8) is 0 Å². The topological polar surface area (TPSA) is 88.6 Å². The number of fused-ring (bicyclic) bond motifs is 1. The van der Waals surface area contributed by atoms with Gasteiger partial charge < -0.3 is 15.0 Å². The summed E-state index contributed by atoms with van der Waals surface area (Å²) in [6.07, 6.45) is 0. The van der Waals surface area contributed by atoms with E-state index >= 15 is 0 Å². The van der Waals surface area contributed by atoms with Crippen LogP contribution in [0.4, 0.5) is 5.00 Å². The Morgan fingerprint density at radius 2 is 1.74 bits per heavy atom. The summed E-state index contributed by atoms with van der Waals surface area (Å²) >= 11 is 1.06. The molecule has 4 aromatic rings. The van der Waals surface area contributed by atoms with Gasteiger partial charge in [-0.25, -0.2) is 9.78 Å². The molecule has 8 heteroatoms. The van der Waals surface area contributed by atoms with Gasteiger partial charge in [-0.05, 0) is 37.6 Å². The van der Waals surface area contributed by atoms with Crippen LogP contribution in [0.5, 0.6) is 0 Å². The molecule has 0 radical (unpaired) electrons. The molecule has 4 rings (SSSR count). The zero-order valence-electron chi connectivity index (χ0n) is 20.1. The molecule has 0 unspecified atom stereocenters. The summed E-state index contributed by atoms with van der Waals surface area (Å²) in [6.45, 7) is 3.67. The number of para-hydroxylation sites is 1. The van der Waals surface area contributed by atoms with E-state index in [-0.39, 0.29) is 16.5 Å². The Labute approximate surface area is 207 Å². The third-order valence-electron chi connectivity index (χ3n) is 5.64. The maximum Gasteiger partial charge on any atom is 0.341 e. The molecule has 2 aromatic heterocycles. The number of rotatable bonds is 5. The van der Waals surface area contributed by atoms with Crippen LogP contribution in [0.15, 0.2) is 54.6 Å². The van der Waals surface area contributed by atoms with Crippen LogP contribution in [0.25, 0.3) is 22.2 Å². The maximum absolute atomic E-state index is 13.6. The van der Waals surface area contributed by atoms with Gasteiger partial charge in [0.2, 0.25) is 0 Å². The summed E-state index contributed by atoms with van der Waals surface area (Å²) in [5.74, 6) is -1.28. The highest BCUT2D eigenvalue weighted by Crippen LogP contribution is 2.35. The molecule has 2 amide bonds. The minimum Gasteiger partial charge on any atom is -0.465 e. The van der Waals surface area contributed by atoms with E-state index in [1.807, 2.05) is 55.5 Å². The number of anilines is 1. The fraction of sp³-hybridized carbons (Fsp3) is 0.185. The smallest absolute Gasteiger partial charge is 0.341 e. The highest BCUT2D eigenvalue weighted by atomic mass is 32.1. The molecule has 0 aliphatic heterocycles. The first-order valence-corrected chi connectivity index (χ1v) is 11.7. The molecule has 35 heavy (non-hydrogen) atoms. The van der Waals surface area contributed by atoms with Crippen LogP contribution in [0.1, 0.15) is 41.5 Å². The van der Waals surface area contributed by atoms with Crippen LogP contribution >= 0.6 is 11.3 Å². The Hall–Kier alpha value is -4.04. The van der Waals surface area contributed by atoms with Crippen LogP contribution in [0.3, 0.4) is 0 Å². The molecule has 1 N–H and O–H groups in total. The average Bonchev–Trinajstić information content (AvgIpc) is 3.17. The highest BCUT2D eigenvalue weighted by Gasteiger charge is 2.27. The summed E-state index contributed by atoms with van der Waals surface area (Å²) in [5, 5.41) is 3.81. The molecular weight excluding hydrogens is 462 g/mol. The number of hydrogen-bond donors (Lipinski definition) is 1. The van der Waals surface area contributed by atoms with Crippen LogP contribution in [0, 0.1) is 13.8 Å². The molecule has 0 bridgehead atoms. The number of thiophene rings is 1. The van der Waals surface area contributed by atoms with Crippen molar-refractivity contribution in [1.29, 1.82) is 0 Å². The van der Waals surface area contributed by atoms with Crippen LogP contribution in [-0.4, -0.2) is 48.9 Å². The predicted octanol–water partition coefficient (Wildman–Crippen LogP) is 5.32. The third kappa shape index (κ3) is 4.65. The fourth-order valence-corrected chi connectivity index (χ4v) is 5.05. The lowest BCUT2D eigenvalue weighted by molar-refractivity contribution is 0.0601. The average molecular weight is 488 g/mol. The van der Waals surface area contributed by atoms with Crippen LogP contribution < -0.4 is 5.32 Å². The van der Waals surface area contributed by atoms with E-state index in [1.54, 1.807) is 27.1 Å². The molecule has 2 aromatic carbocycles. The lowest BCUT2D eigenvalue weighted by atomic mass is 10.0. The second-order valence-corrected chi connectivity index (χ2v) is 9.37. The van der Waals surface area contributed by atoms with E-state index in [0.29, 0.717) is 32.6 Å². The van der Waals surface area contributed by atoms with Gasteiger partial charge in [-0.3, -0.25) is 9.59 Å². The molecule has 0 aliphatic rings. The number of esters is 1. The number of carbonyl (C=O) groups excluding carboxylic acids is 3. The molecule has 0 aliphatic carbocycles. The van der Waals surface area contributed by atoms with Gasteiger partial charge in [-0.1, -0.05) is 42.0 Å². The zero-order valence-corrected chi connectivity index (χ0v) is 20.9. The minimum absolute atomic E-state index is 0.174. The quantitative estimate of drug-likeness (QED) is 0.385. The van der Waals surface area contributed by atoms with Crippen molar-refractivity contribution in [3.05, 3.63) is 81.7 Å². The summed E-state index contributed by atoms with van der Waals surface area (Å²) in [4.78, 5) is 45.4. The van der Waals surface area contributed by atoms with Gasteiger partial charge in [0.25, 0.3) is 11.8 Å². The van der Waals surface area contributed by atoms with Crippen molar-refractivity contribution in [2.45, 2.75) is 13.8 Å². The van der Waals surface area contributed by atoms with Gasteiger partial charge in [0.05, 0.1) is 34.3 Å². The molecule has 0 spiro atoms. The highest BCUT2D eigenvalue weighted by molar-refractivity contribution is 7.18. The molecule has 0 saturated carbocycles. The number of amides is 2. The number of nitrogens with one attached hydrogen (secondary N) is 1. The number of pyridine rings is 1. The summed E-state index contributed by atoms with van der Waals surface area (Å²) in [7, 11) is 4.53. The monoisotopic (exact) mass is 487 g/mol.